The Labute approximate surface area is 121 Å². The summed E-state index contributed by atoms with van der Waals surface area (Å²) < 4.78 is 12.4. The Hall–Kier alpha value is -1.26. The molecule has 3 nitrogen and oxygen atoms in total. The lowest BCUT2D eigenvalue weighted by Gasteiger charge is -2.15. The van der Waals surface area contributed by atoms with Crippen LogP contribution in [0.15, 0.2) is 45.5 Å². The van der Waals surface area contributed by atoms with Crippen LogP contribution >= 0.6 is 15.9 Å². The van der Waals surface area contributed by atoms with Crippen molar-refractivity contribution in [2.75, 3.05) is 6.54 Å². The Morgan fingerprint density at radius 1 is 1.42 bits per heavy atom. The van der Waals surface area contributed by atoms with Crippen LogP contribution in [0.1, 0.15) is 24.3 Å². The average Bonchev–Trinajstić information content (AvgIpc) is 3.04. The maximum atomic E-state index is 5.92. The number of fused-ring (bicyclic) bond motifs is 1. The summed E-state index contributed by atoms with van der Waals surface area (Å²) in [4.78, 5) is 0. The van der Waals surface area contributed by atoms with Crippen molar-refractivity contribution in [3.8, 4) is 5.75 Å². The van der Waals surface area contributed by atoms with Gasteiger partial charge in [-0.05, 0) is 42.8 Å². The molecule has 0 bridgehead atoms. The molecular formula is C15H16BrNO2. The van der Waals surface area contributed by atoms with E-state index >= 15 is 0 Å². The fourth-order valence-electron chi connectivity index (χ4n) is 2.35. The van der Waals surface area contributed by atoms with E-state index in [9.17, 15) is 0 Å². The van der Waals surface area contributed by atoms with Crippen molar-refractivity contribution in [1.82, 2.24) is 5.32 Å². The van der Waals surface area contributed by atoms with E-state index in [4.69, 9.17) is 9.15 Å². The van der Waals surface area contributed by atoms with Crippen molar-refractivity contribution < 1.29 is 9.15 Å². The van der Waals surface area contributed by atoms with Crippen LogP contribution in [0, 0.1) is 0 Å². The lowest BCUT2D eigenvalue weighted by atomic mass is 10.1. The Kier molecular flexibility index (Phi) is 3.62. The summed E-state index contributed by atoms with van der Waals surface area (Å²) in [5, 5.41) is 3.45. The van der Waals surface area contributed by atoms with Crippen molar-refractivity contribution in [2.45, 2.75) is 25.5 Å². The molecule has 3 rings (SSSR count). The molecule has 2 heterocycles. The van der Waals surface area contributed by atoms with Gasteiger partial charge in [-0.1, -0.05) is 15.9 Å². The third kappa shape index (κ3) is 2.85. The predicted molar refractivity (Wildman–Crippen MR) is 77.4 cm³/mol. The Morgan fingerprint density at radius 2 is 2.32 bits per heavy atom. The molecule has 1 aliphatic rings. The largest absolute Gasteiger partial charge is 0.488 e. The third-order valence-electron chi connectivity index (χ3n) is 3.39. The van der Waals surface area contributed by atoms with E-state index in [0.717, 1.165) is 28.9 Å². The number of furan rings is 1. The molecule has 1 aromatic heterocycles. The first kappa shape index (κ1) is 12.8. The molecule has 1 aromatic carbocycles. The van der Waals surface area contributed by atoms with Gasteiger partial charge in [-0.2, -0.15) is 0 Å². The molecule has 0 spiro atoms. The van der Waals surface area contributed by atoms with Gasteiger partial charge in [0, 0.05) is 17.4 Å². The first-order chi connectivity index (χ1) is 9.22. The van der Waals surface area contributed by atoms with E-state index in [1.807, 2.05) is 24.3 Å². The molecule has 0 amide bonds. The van der Waals surface area contributed by atoms with Crippen molar-refractivity contribution in [1.29, 1.82) is 0 Å². The molecule has 100 valence electrons. The summed E-state index contributed by atoms with van der Waals surface area (Å²) in [5.41, 5.74) is 1.27. The van der Waals surface area contributed by atoms with E-state index in [2.05, 4.69) is 34.2 Å². The zero-order valence-corrected chi connectivity index (χ0v) is 12.3. The van der Waals surface area contributed by atoms with Crippen molar-refractivity contribution in [2.24, 2.45) is 0 Å². The van der Waals surface area contributed by atoms with Crippen molar-refractivity contribution in [3.05, 3.63) is 52.4 Å². The second kappa shape index (κ2) is 5.39. The first-order valence-electron chi connectivity index (χ1n) is 6.44. The topological polar surface area (TPSA) is 34.4 Å². The third-order valence-corrected chi connectivity index (χ3v) is 3.88. The smallest absolute Gasteiger partial charge is 0.123 e. The van der Waals surface area contributed by atoms with Crippen LogP contribution in [0.2, 0.25) is 0 Å². The number of hydrogen-bond donors (Lipinski definition) is 1. The molecule has 2 aromatic rings. The molecule has 2 unspecified atom stereocenters. The minimum atomic E-state index is 0.196. The molecule has 2 atom stereocenters. The summed E-state index contributed by atoms with van der Waals surface area (Å²) in [7, 11) is 0. The zero-order valence-electron chi connectivity index (χ0n) is 10.7. The van der Waals surface area contributed by atoms with Crippen LogP contribution in [-0.4, -0.2) is 12.6 Å². The fourth-order valence-corrected chi connectivity index (χ4v) is 2.76. The van der Waals surface area contributed by atoms with Crippen LogP contribution in [0.3, 0.4) is 0 Å². The number of benzene rings is 1. The van der Waals surface area contributed by atoms with Gasteiger partial charge in [-0.3, -0.25) is 0 Å². The van der Waals surface area contributed by atoms with Crippen LogP contribution in [0.25, 0.3) is 0 Å². The molecule has 1 aliphatic heterocycles. The summed E-state index contributed by atoms with van der Waals surface area (Å²) in [6.45, 7) is 2.91. The average molecular weight is 322 g/mol. The number of hydrogen-bond acceptors (Lipinski definition) is 3. The standard InChI is InChI=1S/C15H16BrNO2/c1-10(14-3-2-6-18-14)17-9-13-8-11-7-12(16)4-5-15(11)19-13/h2-7,10,13,17H,8-9H2,1H3. The molecule has 19 heavy (non-hydrogen) atoms. The van der Waals surface area contributed by atoms with E-state index in [1.165, 1.54) is 5.56 Å². The highest BCUT2D eigenvalue weighted by molar-refractivity contribution is 9.10. The van der Waals surface area contributed by atoms with Gasteiger partial charge < -0.3 is 14.5 Å². The highest BCUT2D eigenvalue weighted by Gasteiger charge is 2.23. The maximum absolute atomic E-state index is 5.92. The molecular weight excluding hydrogens is 306 g/mol. The van der Waals surface area contributed by atoms with Crippen molar-refractivity contribution in [3.63, 3.8) is 0 Å². The molecule has 0 saturated carbocycles. The molecule has 1 N–H and O–H groups in total. The molecule has 0 fully saturated rings. The highest BCUT2D eigenvalue weighted by Crippen LogP contribution is 2.31. The molecule has 0 aliphatic carbocycles. The van der Waals surface area contributed by atoms with Gasteiger partial charge in [0.15, 0.2) is 0 Å². The lowest BCUT2D eigenvalue weighted by molar-refractivity contribution is 0.220. The number of halogens is 1. The van der Waals surface area contributed by atoms with Gasteiger partial charge in [0.05, 0.1) is 12.3 Å². The normalized spacial score (nSPS) is 18.9. The number of nitrogens with one attached hydrogen (secondary N) is 1. The summed E-state index contributed by atoms with van der Waals surface area (Å²) in [6.07, 6.45) is 2.85. The van der Waals surface area contributed by atoms with Crippen molar-refractivity contribution >= 4 is 15.9 Å². The van der Waals surface area contributed by atoms with Gasteiger partial charge in [-0.15, -0.1) is 0 Å². The quantitative estimate of drug-likeness (QED) is 0.932. The summed E-state index contributed by atoms with van der Waals surface area (Å²) >= 11 is 3.49. The second-order valence-electron chi connectivity index (χ2n) is 4.84. The molecule has 0 saturated heterocycles. The van der Waals surface area contributed by atoms with E-state index in [1.54, 1.807) is 6.26 Å². The van der Waals surface area contributed by atoms with Gasteiger partial charge in [-0.25, -0.2) is 0 Å². The fraction of sp³-hybridized carbons (Fsp3) is 0.333. The molecule has 0 radical (unpaired) electrons. The minimum absolute atomic E-state index is 0.196. The zero-order chi connectivity index (χ0) is 13.2. The first-order valence-corrected chi connectivity index (χ1v) is 7.23. The second-order valence-corrected chi connectivity index (χ2v) is 5.76. The van der Waals surface area contributed by atoms with Crippen LogP contribution < -0.4 is 10.1 Å². The monoisotopic (exact) mass is 321 g/mol. The summed E-state index contributed by atoms with van der Waals surface area (Å²) in [5.74, 6) is 1.96. The van der Waals surface area contributed by atoms with Gasteiger partial charge in [0.2, 0.25) is 0 Å². The number of ether oxygens (including phenoxy) is 1. The van der Waals surface area contributed by atoms with Gasteiger partial charge in [0.1, 0.15) is 17.6 Å². The van der Waals surface area contributed by atoms with Crippen LogP contribution in [0.5, 0.6) is 5.75 Å². The summed E-state index contributed by atoms with van der Waals surface area (Å²) in [6, 6.07) is 10.3. The Bertz CT molecular complexity index is 553. The molecule has 4 heteroatoms. The van der Waals surface area contributed by atoms with Gasteiger partial charge >= 0.3 is 0 Å². The highest BCUT2D eigenvalue weighted by atomic mass is 79.9. The Morgan fingerprint density at radius 3 is 3.11 bits per heavy atom. The van der Waals surface area contributed by atoms with E-state index < -0.39 is 0 Å². The van der Waals surface area contributed by atoms with E-state index in [-0.39, 0.29) is 12.1 Å². The predicted octanol–water partition coefficient (Wildman–Crippen LogP) is 3.70. The van der Waals surface area contributed by atoms with Crippen LogP contribution in [-0.2, 0) is 6.42 Å². The van der Waals surface area contributed by atoms with Gasteiger partial charge in [0.25, 0.3) is 0 Å². The SMILES string of the molecule is CC(NCC1Cc2cc(Br)ccc2O1)c1ccco1. The maximum Gasteiger partial charge on any atom is 0.123 e. The van der Waals surface area contributed by atoms with E-state index in [0.29, 0.717) is 0 Å². The number of rotatable bonds is 4. The van der Waals surface area contributed by atoms with Crippen LogP contribution in [0.4, 0.5) is 0 Å². The Balaban J connectivity index is 1.56. The lowest BCUT2D eigenvalue weighted by Crippen LogP contribution is -2.31. The minimum Gasteiger partial charge on any atom is -0.488 e.